The number of pyridine rings is 2. The van der Waals surface area contributed by atoms with Gasteiger partial charge in [0.25, 0.3) is 5.91 Å². The number of nitrogens with one attached hydrogen (secondary N) is 1. The van der Waals surface area contributed by atoms with Crippen molar-refractivity contribution >= 4 is 21.6 Å². The van der Waals surface area contributed by atoms with Crippen LogP contribution in [0, 0.1) is 0 Å². The van der Waals surface area contributed by atoms with Crippen LogP contribution in [0.5, 0.6) is 0 Å². The number of hydrogen-bond acceptors (Lipinski definition) is 6. The van der Waals surface area contributed by atoms with Crippen molar-refractivity contribution in [3.8, 4) is 0 Å². The van der Waals surface area contributed by atoms with Crippen LogP contribution in [0.25, 0.3) is 0 Å². The minimum absolute atomic E-state index is 0.0360. The van der Waals surface area contributed by atoms with Gasteiger partial charge >= 0.3 is 0 Å². The Labute approximate surface area is 147 Å². The molecule has 0 spiro atoms. The van der Waals surface area contributed by atoms with Gasteiger partial charge in [-0.1, -0.05) is 0 Å². The highest BCUT2D eigenvalue weighted by Crippen LogP contribution is 2.18. The predicted molar refractivity (Wildman–Crippen MR) is 95.0 cm³/mol. The zero-order chi connectivity index (χ0) is 17.9. The summed E-state index contributed by atoms with van der Waals surface area (Å²) in [6, 6.07) is 7.00. The Morgan fingerprint density at radius 2 is 2.04 bits per heavy atom. The molecular formula is C17H20N4O3S. The number of anilines is 1. The number of aromatic nitrogens is 2. The molecule has 0 radical (unpaired) electrons. The van der Waals surface area contributed by atoms with E-state index < -0.39 is 9.84 Å². The first-order valence-corrected chi connectivity index (χ1v) is 9.83. The molecule has 1 N–H and O–H groups in total. The summed E-state index contributed by atoms with van der Waals surface area (Å²) in [7, 11) is -1.38. The zero-order valence-electron chi connectivity index (χ0n) is 13.9. The second-order valence-electron chi connectivity index (χ2n) is 6.11. The summed E-state index contributed by atoms with van der Waals surface area (Å²) in [6.45, 7) is 0.614. The summed E-state index contributed by atoms with van der Waals surface area (Å²) in [5, 5.41) is 3.18. The number of rotatable bonds is 5. The normalized spacial score (nSPS) is 18.7. The van der Waals surface area contributed by atoms with Crippen LogP contribution in [0.1, 0.15) is 22.3 Å². The van der Waals surface area contributed by atoms with Gasteiger partial charge in [-0.05, 0) is 36.2 Å². The van der Waals surface area contributed by atoms with Crippen molar-refractivity contribution in [1.82, 2.24) is 14.9 Å². The third-order valence-electron chi connectivity index (χ3n) is 4.31. The Kier molecular flexibility index (Phi) is 4.98. The molecule has 132 valence electrons. The molecular weight excluding hydrogens is 340 g/mol. The van der Waals surface area contributed by atoms with Crippen molar-refractivity contribution in [2.45, 2.75) is 19.0 Å². The number of carbonyl (C=O) groups is 1. The topological polar surface area (TPSA) is 92.3 Å². The van der Waals surface area contributed by atoms with Gasteiger partial charge < -0.3 is 10.2 Å². The number of sulfone groups is 1. The van der Waals surface area contributed by atoms with Crippen LogP contribution in [-0.2, 0) is 16.4 Å². The van der Waals surface area contributed by atoms with E-state index in [1.807, 2.05) is 12.1 Å². The van der Waals surface area contributed by atoms with Crippen LogP contribution in [-0.4, -0.2) is 53.8 Å². The van der Waals surface area contributed by atoms with Crippen LogP contribution in [0.2, 0.25) is 0 Å². The molecule has 3 heterocycles. The van der Waals surface area contributed by atoms with Crippen molar-refractivity contribution in [2.75, 3.05) is 23.9 Å². The van der Waals surface area contributed by atoms with Gasteiger partial charge in [-0.25, -0.2) is 13.4 Å². The number of nitrogens with zero attached hydrogens (tertiary/aromatic N) is 3. The second-order valence-corrected chi connectivity index (χ2v) is 8.34. The average molecular weight is 360 g/mol. The third-order valence-corrected chi connectivity index (χ3v) is 6.06. The average Bonchev–Trinajstić information content (AvgIpc) is 3.00. The fraction of sp³-hybridized carbons (Fsp3) is 0.353. The first kappa shape index (κ1) is 17.3. The Morgan fingerprint density at radius 1 is 1.28 bits per heavy atom. The largest absolute Gasteiger partial charge is 0.366 e. The molecule has 0 bridgehead atoms. The Bertz CT molecular complexity index is 838. The summed E-state index contributed by atoms with van der Waals surface area (Å²) in [5.41, 5.74) is 1.53. The summed E-state index contributed by atoms with van der Waals surface area (Å²) in [4.78, 5) is 22.2. The van der Waals surface area contributed by atoms with Gasteiger partial charge in [0.2, 0.25) is 0 Å². The van der Waals surface area contributed by atoms with Crippen molar-refractivity contribution in [2.24, 2.45) is 0 Å². The molecule has 1 aliphatic heterocycles. The van der Waals surface area contributed by atoms with Gasteiger partial charge in [0.1, 0.15) is 5.82 Å². The van der Waals surface area contributed by atoms with Gasteiger partial charge in [0.15, 0.2) is 9.84 Å². The van der Waals surface area contributed by atoms with E-state index in [9.17, 15) is 13.2 Å². The molecule has 0 aliphatic carbocycles. The predicted octanol–water partition coefficient (Wildman–Crippen LogP) is 1.35. The standard InChI is InChI=1S/C17H20N4O3S/c1-21(15-6-9-25(23,24)12-15)17(22)14-2-3-16(20-11-14)19-10-13-4-7-18-8-5-13/h2-5,7-8,11,15H,6,9-10,12H2,1H3,(H,19,20). The van der Waals surface area contributed by atoms with Gasteiger partial charge in [-0.3, -0.25) is 9.78 Å². The lowest BCUT2D eigenvalue weighted by molar-refractivity contribution is 0.0747. The van der Waals surface area contributed by atoms with E-state index in [1.54, 1.807) is 31.6 Å². The highest BCUT2D eigenvalue weighted by atomic mass is 32.2. The summed E-state index contributed by atoms with van der Waals surface area (Å²) in [5.74, 6) is 0.634. The van der Waals surface area contributed by atoms with Gasteiger partial charge in [0, 0.05) is 38.2 Å². The number of amides is 1. The first-order valence-electron chi connectivity index (χ1n) is 8.01. The zero-order valence-corrected chi connectivity index (χ0v) is 14.7. The molecule has 8 heteroatoms. The third kappa shape index (κ3) is 4.33. The maximum atomic E-state index is 12.5. The number of hydrogen-bond donors (Lipinski definition) is 1. The van der Waals surface area contributed by atoms with Crippen LogP contribution < -0.4 is 5.32 Å². The smallest absolute Gasteiger partial charge is 0.255 e. The van der Waals surface area contributed by atoms with Crippen molar-refractivity contribution in [3.05, 3.63) is 54.0 Å². The minimum atomic E-state index is -3.02. The van der Waals surface area contributed by atoms with E-state index in [0.717, 1.165) is 5.56 Å². The lowest BCUT2D eigenvalue weighted by Gasteiger charge is -2.23. The molecule has 1 saturated heterocycles. The lowest BCUT2D eigenvalue weighted by atomic mass is 10.2. The first-order chi connectivity index (χ1) is 11.9. The molecule has 1 unspecified atom stereocenters. The maximum Gasteiger partial charge on any atom is 0.255 e. The fourth-order valence-corrected chi connectivity index (χ4v) is 4.54. The van der Waals surface area contributed by atoms with E-state index >= 15 is 0 Å². The summed E-state index contributed by atoms with van der Waals surface area (Å²) in [6.07, 6.45) is 5.46. The van der Waals surface area contributed by atoms with E-state index in [2.05, 4.69) is 15.3 Å². The highest BCUT2D eigenvalue weighted by Gasteiger charge is 2.33. The molecule has 3 rings (SSSR count). The second kappa shape index (κ2) is 7.18. The monoisotopic (exact) mass is 360 g/mol. The SMILES string of the molecule is CN(C(=O)c1ccc(NCc2ccncc2)nc1)C1CCS(=O)(=O)C1. The molecule has 1 atom stereocenters. The van der Waals surface area contributed by atoms with Crippen molar-refractivity contribution in [1.29, 1.82) is 0 Å². The highest BCUT2D eigenvalue weighted by molar-refractivity contribution is 7.91. The molecule has 0 aromatic carbocycles. The summed E-state index contributed by atoms with van der Waals surface area (Å²) >= 11 is 0. The van der Waals surface area contributed by atoms with Crippen LogP contribution in [0.4, 0.5) is 5.82 Å². The van der Waals surface area contributed by atoms with Crippen molar-refractivity contribution < 1.29 is 13.2 Å². The van der Waals surface area contributed by atoms with Crippen molar-refractivity contribution in [3.63, 3.8) is 0 Å². The van der Waals surface area contributed by atoms with Gasteiger partial charge in [-0.2, -0.15) is 0 Å². The Morgan fingerprint density at radius 3 is 2.64 bits per heavy atom. The molecule has 7 nitrogen and oxygen atoms in total. The number of carbonyl (C=O) groups excluding carboxylic acids is 1. The minimum Gasteiger partial charge on any atom is -0.366 e. The maximum absolute atomic E-state index is 12.5. The quantitative estimate of drug-likeness (QED) is 0.865. The van der Waals surface area contributed by atoms with Crippen LogP contribution in [0.15, 0.2) is 42.9 Å². The Hall–Kier alpha value is -2.48. The van der Waals surface area contributed by atoms with Crippen LogP contribution >= 0.6 is 0 Å². The molecule has 2 aromatic rings. The molecule has 25 heavy (non-hydrogen) atoms. The van der Waals surface area contributed by atoms with Gasteiger partial charge in [0.05, 0.1) is 17.1 Å². The molecule has 0 saturated carbocycles. The van der Waals surface area contributed by atoms with Gasteiger partial charge in [-0.15, -0.1) is 0 Å². The molecule has 1 aliphatic rings. The van der Waals surface area contributed by atoms with E-state index in [-0.39, 0.29) is 23.5 Å². The molecule has 1 amide bonds. The van der Waals surface area contributed by atoms with Crippen LogP contribution in [0.3, 0.4) is 0 Å². The van der Waals surface area contributed by atoms with E-state index in [1.165, 1.54) is 11.1 Å². The fourth-order valence-electron chi connectivity index (χ4n) is 2.77. The lowest BCUT2D eigenvalue weighted by Crippen LogP contribution is -2.37. The van der Waals surface area contributed by atoms with E-state index in [4.69, 9.17) is 0 Å². The summed E-state index contributed by atoms with van der Waals surface area (Å²) < 4.78 is 23.2. The molecule has 2 aromatic heterocycles. The molecule has 1 fully saturated rings. The van der Waals surface area contributed by atoms with E-state index in [0.29, 0.717) is 24.3 Å². The Balaban J connectivity index is 1.60.